The van der Waals surface area contributed by atoms with E-state index in [4.69, 9.17) is 5.73 Å². The van der Waals surface area contributed by atoms with Gasteiger partial charge < -0.3 is 5.73 Å². The molecule has 108 valence electrons. The number of rotatable bonds is 2. The van der Waals surface area contributed by atoms with Gasteiger partial charge in [-0.2, -0.15) is 18.3 Å². The summed E-state index contributed by atoms with van der Waals surface area (Å²) < 4.78 is 40.4. The molecule has 4 nitrogen and oxygen atoms in total. The molecule has 0 aliphatic heterocycles. The maximum absolute atomic E-state index is 13.0. The molecule has 2 aromatic heterocycles. The Morgan fingerprint density at radius 2 is 1.86 bits per heavy atom. The lowest BCUT2D eigenvalue weighted by Crippen LogP contribution is -2.09. The van der Waals surface area contributed by atoms with Crippen LogP contribution in [0.1, 0.15) is 16.7 Å². The molecule has 0 unspecified atom stereocenters. The predicted octanol–water partition coefficient (Wildman–Crippen LogP) is 2.92. The van der Waals surface area contributed by atoms with Crippen molar-refractivity contribution >= 4 is 11.3 Å². The maximum atomic E-state index is 13.0. The van der Waals surface area contributed by atoms with Gasteiger partial charge in [0, 0.05) is 12.0 Å². The van der Waals surface area contributed by atoms with Crippen LogP contribution in [0.2, 0.25) is 0 Å². The zero-order valence-corrected chi connectivity index (χ0v) is 10.8. The molecule has 0 saturated carbocycles. The molecule has 2 N–H and O–H groups in total. The normalized spacial score (nSPS) is 12.0. The first-order valence-corrected chi connectivity index (χ1v) is 6.18. The number of nitrogens with two attached hydrogens (primary N) is 1. The monoisotopic (exact) mass is 292 g/mol. The van der Waals surface area contributed by atoms with Crippen molar-refractivity contribution in [2.75, 3.05) is 5.73 Å². The standard InChI is InChI=1S/C14H11F3N4/c15-14(16,17)12-4-2-1-3-9(12)5-10-6-20-21-8-11(18)7-19-13(10)21/h1-4,6-8H,5,18H2. The summed E-state index contributed by atoms with van der Waals surface area (Å²) in [7, 11) is 0. The van der Waals surface area contributed by atoms with E-state index in [2.05, 4.69) is 10.1 Å². The molecule has 0 fully saturated rings. The smallest absolute Gasteiger partial charge is 0.396 e. The molecule has 0 atom stereocenters. The van der Waals surface area contributed by atoms with Crippen LogP contribution in [-0.4, -0.2) is 14.6 Å². The van der Waals surface area contributed by atoms with Gasteiger partial charge in [0.1, 0.15) is 0 Å². The number of halogens is 3. The van der Waals surface area contributed by atoms with Gasteiger partial charge in [-0.05, 0) is 11.6 Å². The maximum Gasteiger partial charge on any atom is 0.416 e. The average Bonchev–Trinajstić information content (AvgIpc) is 2.80. The molecule has 0 amide bonds. The number of anilines is 1. The summed E-state index contributed by atoms with van der Waals surface area (Å²) in [5.74, 6) is 0. The van der Waals surface area contributed by atoms with E-state index in [-0.39, 0.29) is 12.0 Å². The molecule has 1 aromatic carbocycles. The zero-order chi connectivity index (χ0) is 15.0. The predicted molar refractivity (Wildman–Crippen MR) is 71.6 cm³/mol. The lowest BCUT2D eigenvalue weighted by Gasteiger charge is -2.11. The first kappa shape index (κ1) is 13.4. The van der Waals surface area contributed by atoms with Crippen LogP contribution < -0.4 is 5.73 Å². The van der Waals surface area contributed by atoms with Crippen molar-refractivity contribution in [2.24, 2.45) is 0 Å². The van der Waals surface area contributed by atoms with Crippen molar-refractivity contribution in [2.45, 2.75) is 12.6 Å². The highest BCUT2D eigenvalue weighted by atomic mass is 19.4. The molecule has 3 rings (SSSR count). The molecule has 0 bridgehead atoms. The third kappa shape index (κ3) is 2.54. The SMILES string of the molecule is Nc1cnc2c(Cc3ccccc3C(F)(F)F)cnn2c1. The summed E-state index contributed by atoms with van der Waals surface area (Å²) in [6, 6.07) is 5.50. The molecule has 0 saturated heterocycles. The van der Waals surface area contributed by atoms with Crippen LogP contribution in [0.15, 0.2) is 42.9 Å². The number of nitrogen functional groups attached to an aromatic ring is 1. The van der Waals surface area contributed by atoms with Crippen molar-refractivity contribution < 1.29 is 13.2 Å². The first-order valence-electron chi connectivity index (χ1n) is 6.18. The van der Waals surface area contributed by atoms with Gasteiger partial charge in [0.05, 0.1) is 29.8 Å². The number of aromatic nitrogens is 3. The van der Waals surface area contributed by atoms with Gasteiger partial charge in [-0.25, -0.2) is 9.50 Å². The van der Waals surface area contributed by atoms with E-state index in [1.165, 1.54) is 29.0 Å². The highest BCUT2D eigenvalue weighted by molar-refractivity contribution is 5.52. The average molecular weight is 292 g/mol. The molecule has 0 aliphatic rings. The molecular weight excluding hydrogens is 281 g/mol. The second-order valence-corrected chi connectivity index (χ2v) is 4.66. The van der Waals surface area contributed by atoms with E-state index in [0.29, 0.717) is 16.9 Å². The van der Waals surface area contributed by atoms with Crippen LogP contribution in [0.5, 0.6) is 0 Å². The molecule has 0 radical (unpaired) electrons. The van der Waals surface area contributed by atoms with Gasteiger partial charge in [0.2, 0.25) is 0 Å². The molecule has 3 aromatic rings. The lowest BCUT2D eigenvalue weighted by molar-refractivity contribution is -0.138. The molecule has 7 heteroatoms. The Hall–Kier alpha value is -2.57. The quantitative estimate of drug-likeness (QED) is 0.790. The van der Waals surface area contributed by atoms with E-state index in [1.807, 2.05) is 0 Å². The number of hydrogen-bond donors (Lipinski definition) is 1. The Morgan fingerprint density at radius 3 is 2.62 bits per heavy atom. The first-order chi connectivity index (χ1) is 9.95. The summed E-state index contributed by atoms with van der Waals surface area (Å²) >= 11 is 0. The van der Waals surface area contributed by atoms with Crippen LogP contribution >= 0.6 is 0 Å². The Kier molecular flexibility index (Phi) is 3.04. The van der Waals surface area contributed by atoms with Crippen molar-refractivity contribution in [3.8, 4) is 0 Å². The highest BCUT2D eigenvalue weighted by Gasteiger charge is 2.33. The molecule has 21 heavy (non-hydrogen) atoms. The van der Waals surface area contributed by atoms with Crippen molar-refractivity contribution in [3.63, 3.8) is 0 Å². The van der Waals surface area contributed by atoms with Crippen LogP contribution in [0.3, 0.4) is 0 Å². The Morgan fingerprint density at radius 1 is 1.10 bits per heavy atom. The third-order valence-electron chi connectivity index (χ3n) is 3.15. The van der Waals surface area contributed by atoms with Gasteiger partial charge in [-0.1, -0.05) is 18.2 Å². The van der Waals surface area contributed by atoms with Crippen molar-refractivity contribution in [1.82, 2.24) is 14.6 Å². The molecule has 0 aliphatic carbocycles. The molecule has 2 heterocycles. The lowest BCUT2D eigenvalue weighted by atomic mass is 10.0. The van der Waals surface area contributed by atoms with Gasteiger partial charge in [-0.3, -0.25) is 0 Å². The topological polar surface area (TPSA) is 56.2 Å². The van der Waals surface area contributed by atoms with Crippen molar-refractivity contribution in [1.29, 1.82) is 0 Å². The van der Waals surface area contributed by atoms with Crippen LogP contribution in [0.25, 0.3) is 5.65 Å². The Bertz CT molecular complexity index is 792. The zero-order valence-electron chi connectivity index (χ0n) is 10.8. The van der Waals surface area contributed by atoms with Crippen LogP contribution in [0, 0.1) is 0 Å². The van der Waals surface area contributed by atoms with E-state index in [9.17, 15) is 13.2 Å². The summed E-state index contributed by atoms with van der Waals surface area (Å²) in [5.41, 5.74) is 6.71. The van der Waals surface area contributed by atoms with Crippen LogP contribution in [-0.2, 0) is 12.6 Å². The van der Waals surface area contributed by atoms with E-state index < -0.39 is 11.7 Å². The minimum absolute atomic E-state index is 0.107. The summed E-state index contributed by atoms with van der Waals surface area (Å²) in [4.78, 5) is 4.12. The number of nitrogens with zero attached hydrogens (tertiary/aromatic N) is 3. The van der Waals surface area contributed by atoms with Gasteiger partial charge in [-0.15, -0.1) is 0 Å². The van der Waals surface area contributed by atoms with Gasteiger partial charge in [0.25, 0.3) is 0 Å². The fraction of sp³-hybridized carbons (Fsp3) is 0.143. The number of alkyl halides is 3. The summed E-state index contributed by atoms with van der Waals surface area (Å²) in [6.45, 7) is 0. The number of hydrogen-bond acceptors (Lipinski definition) is 3. The second kappa shape index (κ2) is 4.76. The highest BCUT2D eigenvalue weighted by Crippen LogP contribution is 2.33. The number of fused-ring (bicyclic) bond motifs is 1. The van der Waals surface area contributed by atoms with E-state index in [1.54, 1.807) is 12.3 Å². The minimum Gasteiger partial charge on any atom is -0.396 e. The largest absolute Gasteiger partial charge is 0.416 e. The summed E-state index contributed by atoms with van der Waals surface area (Å²) in [5, 5.41) is 4.06. The third-order valence-corrected chi connectivity index (χ3v) is 3.15. The van der Waals surface area contributed by atoms with Crippen molar-refractivity contribution in [3.05, 3.63) is 59.5 Å². The second-order valence-electron chi connectivity index (χ2n) is 4.66. The van der Waals surface area contributed by atoms with Gasteiger partial charge >= 0.3 is 6.18 Å². The Labute approximate surface area is 118 Å². The summed E-state index contributed by atoms with van der Waals surface area (Å²) in [6.07, 6.45) is 0.264. The van der Waals surface area contributed by atoms with Crippen LogP contribution in [0.4, 0.5) is 18.9 Å². The number of benzene rings is 1. The minimum atomic E-state index is -4.38. The van der Waals surface area contributed by atoms with E-state index in [0.717, 1.165) is 6.07 Å². The fourth-order valence-corrected chi connectivity index (χ4v) is 2.22. The fourth-order valence-electron chi connectivity index (χ4n) is 2.22. The van der Waals surface area contributed by atoms with Gasteiger partial charge in [0.15, 0.2) is 5.65 Å². The molecule has 0 spiro atoms. The van der Waals surface area contributed by atoms with E-state index >= 15 is 0 Å². The molecular formula is C14H11F3N4. The Balaban J connectivity index is 2.04.